The summed E-state index contributed by atoms with van der Waals surface area (Å²) in [7, 11) is 1.43. The fraction of sp³-hybridized carbons (Fsp3) is 0.450. The van der Waals surface area contributed by atoms with Crippen LogP contribution in [0.25, 0.3) is 0 Å². The van der Waals surface area contributed by atoms with Crippen LogP contribution in [0.15, 0.2) is 24.3 Å². The lowest BCUT2D eigenvalue weighted by Gasteiger charge is -2.14. The van der Waals surface area contributed by atoms with Gasteiger partial charge in [-0.2, -0.15) is 0 Å². The molecule has 2 heterocycles. The second kappa shape index (κ2) is 8.43. The Balaban J connectivity index is 1.73. The highest BCUT2D eigenvalue weighted by atomic mass is 16.6. The van der Waals surface area contributed by atoms with Crippen LogP contribution in [0.4, 0.5) is 5.69 Å². The zero-order valence-corrected chi connectivity index (χ0v) is 16.3. The molecule has 0 spiro atoms. The molecule has 0 radical (unpaired) electrons. The van der Waals surface area contributed by atoms with Gasteiger partial charge < -0.3 is 18.8 Å². The monoisotopic (exact) mass is 388 g/mol. The molecule has 1 atom stereocenters. The fourth-order valence-corrected chi connectivity index (χ4v) is 3.47. The number of ether oxygens (including phenoxy) is 3. The maximum absolute atomic E-state index is 12.7. The van der Waals surface area contributed by atoms with Gasteiger partial charge in [0.15, 0.2) is 12.4 Å². The molecule has 1 aromatic carbocycles. The lowest BCUT2D eigenvalue weighted by atomic mass is 10.1. The van der Waals surface area contributed by atoms with Gasteiger partial charge in [0.2, 0.25) is 5.78 Å². The Labute approximate surface area is 163 Å². The van der Waals surface area contributed by atoms with Crippen LogP contribution in [0.2, 0.25) is 0 Å². The number of methoxy groups -OCH3 is 1. The van der Waals surface area contributed by atoms with Gasteiger partial charge in [0, 0.05) is 30.1 Å². The number of nitro benzene ring substituents is 1. The highest BCUT2D eigenvalue weighted by molar-refractivity contribution is 5.98. The third-order valence-electron chi connectivity index (χ3n) is 5.01. The summed E-state index contributed by atoms with van der Waals surface area (Å²) in [6, 6.07) is 6.09. The highest BCUT2D eigenvalue weighted by Gasteiger charge is 2.22. The first-order chi connectivity index (χ1) is 13.4. The van der Waals surface area contributed by atoms with Crippen LogP contribution in [0.5, 0.6) is 11.5 Å². The molecule has 1 aliphatic rings. The number of nitrogens with zero attached hydrogens (tertiary/aromatic N) is 2. The molecule has 150 valence electrons. The van der Waals surface area contributed by atoms with E-state index in [4.69, 9.17) is 14.2 Å². The molecule has 0 bridgehead atoms. The number of carbonyl (C=O) groups excluding carboxylic acids is 1. The number of aromatic nitrogens is 1. The number of rotatable bonds is 8. The van der Waals surface area contributed by atoms with Gasteiger partial charge in [-0.15, -0.1) is 0 Å². The molecule has 3 rings (SSSR count). The molecule has 8 heteroatoms. The van der Waals surface area contributed by atoms with E-state index < -0.39 is 4.92 Å². The second-order valence-electron chi connectivity index (χ2n) is 6.83. The van der Waals surface area contributed by atoms with Crippen molar-refractivity contribution in [1.29, 1.82) is 0 Å². The van der Waals surface area contributed by atoms with Crippen LogP contribution in [-0.4, -0.2) is 41.7 Å². The van der Waals surface area contributed by atoms with E-state index in [0.717, 1.165) is 37.4 Å². The topological polar surface area (TPSA) is 92.8 Å². The smallest absolute Gasteiger partial charge is 0.314 e. The average Bonchev–Trinajstić information content (AvgIpc) is 3.29. The minimum Gasteiger partial charge on any atom is -0.496 e. The number of aryl methyl sites for hydroxylation is 1. The quantitative estimate of drug-likeness (QED) is 0.391. The summed E-state index contributed by atoms with van der Waals surface area (Å²) in [5, 5.41) is 11.2. The lowest BCUT2D eigenvalue weighted by molar-refractivity contribution is -0.385. The van der Waals surface area contributed by atoms with Crippen molar-refractivity contribution in [2.75, 3.05) is 20.3 Å². The third kappa shape index (κ3) is 4.17. The molecular formula is C20H24N2O6. The fourth-order valence-electron chi connectivity index (χ4n) is 3.47. The Bertz CT molecular complexity index is 883. The summed E-state index contributed by atoms with van der Waals surface area (Å²) in [5.41, 5.74) is 2.15. The molecule has 1 saturated heterocycles. The largest absolute Gasteiger partial charge is 0.496 e. The zero-order valence-electron chi connectivity index (χ0n) is 16.3. The maximum atomic E-state index is 12.7. The van der Waals surface area contributed by atoms with Crippen molar-refractivity contribution in [3.63, 3.8) is 0 Å². The first-order valence-electron chi connectivity index (χ1n) is 9.17. The SMILES string of the molecule is COc1ccc(OCC(=O)c2cc(C)n(C[C@H]3CCCO3)c2C)c([N+](=O)[O-])c1. The number of ketones is 1. The number of nitro groups is 1. The van der Waals surface area contributed by atoms with Crippen LogP contribution in [-0.2, 0) is 11.3 Å². The van der Waals surface area contributed by atoms with Crippen molar-refractivity contribution >= 4 is 11.5 Å². The molecule has 1 aromatic heterocycles. The van der Waals surface area contributed by atoms with Gasteiger partial charge in [0.1, 0.15) is 5.75 Å². The molecule has 0 saturated carbocycles. The van der Waals surface area contributed by atoms with E-state index in [0.29, 0.717) is 11.3 Å². The molecule has 0 aliphatic carbocycles. The average molecular weight is 388 g/mol. The molecule has 2 aromatic rings. The van der Waals surface area contributed by atoms with Crippen molar-refractivity contribution in [1.82, 2.24) is 4.57 Å². The number of hydrogen-bond acceptors (Lipinski definition) is 6. The predicted molar refractivity (Wildman–Crippen MR) is 102 cm³/mol. The second-order valence-corrected chi connectivity index (χ2v) is 6.83. The molecule has 28 heavy (non-hydrogen) atoms. The predicted octanol–water partition coefficient (Wildman–Crippen LogP) is 3.46. The molecule has 1 aliphatic heterocycles. The van der Waals surface area contributed by atoms with Crippen molar-refractivity contribution in [3.05, 3.63) is 51.3 Å². The summed E-state index contributed by atoms with van der Waals surface area (Å²) in [4.78, 5) is 23.4. The van der Waals surface area contributed by atoms with E-state index in [2.05, 4.69) is 4.57 Å². The third-order valence-corrected chi connectivity index (χ3v) is 5.01. The minimum absolute atomic E-state index is 0.0345. The Morgan fingerprint density at radius 3 is 2.79 bits per heavy atom. The van der Waals surface area contributed by atoms with Crippen LogP contribution in [0.3, 0.4) is 0 Å². The summed E-state index contributed by atoms with van der Waals surface area (Å²) in [6.07, 6.45) is 2.25. The minimum atomic E-state index is -0.560. The van der Waals surface area contributed by atoms with Crippen LogP contribution in [0, 0.1) is 24.0 Å². The number of carbonyl (C=O) groups is 1. The van der Waals surface area contributed by atoms with Crippen LogP contribution >= 0.6 is 0 Å². The summed E-state index contributed by atoms with van der Waals surface area (Å²) in [5.74, 6) is 0.159. The van der Waals surface area contributed by atoms with Crippen molar-refractivity contribution < 1.29 is 23.9 Å². The van der Waals surface area contributed by atoms with Crippen molar-refractivity contribution in [2.45, 2.75) is 39.3 Å². The zero-order chi connectivity index (χ0) is 20.3. The van der Waals surface area contributed by atoms with Crippen LogP contribution in [0.1, 0.15) is 34.6 Å². The van der Waals surface area contributed by atoms with E-state index in [1.165, 1.54) is 19.2 Å². The van der Waals surface area contributed by atoms with Gasteiger partial charge in [-0.05, 0) is 44.9 Å². The van der Waals surface area contributed by atoms with Gasteiger partial charge in [0.25, 0.3) is 0 Å². The summed E-state index contributed by atoms with van der Waals surface area (Å²) < 4.78 is 18.2. The molecule has 0 unspecified atom stereocenters. The standard InChI is InChI=1S/C20H24N2O6/c1-13-9-17(14(2)21(13)11-16-5-4-8-27-16)19(23)12-28-20-7-6-15(26-3)10-18(20)22(24)25/h6-7,9-10,16H,4-5,8,11-12H2,1-3H3/t16-/m1/s1. The maximum Gasteiger partial charge on any atom is 0.314 e. The lowest BCUT2D eigenvalue weighted by Crippen LogP contribution is -2.18. The van der Waals surface area contributed by atoms with E-state index in [9.17, 15) is 14.9 Å². The Hall–Kier alpha value is -2.87. The van der Waals surface area contributed by atoms with Gasteiger partial charge >= 0.3 is 5.69 Å². The van der Waals surface area contributed by atoms with Gasteiger partial charge in [-0.25, -0.2) is 0 Å². The van der Waals surface area contributed by atoms with E-state index in [1.807, 2.05) is 19.9 Å². The van der Waals surface area contributed by atoms with Gasteiger partial charge in [-0.1, -0.05) is 0 Å². The summed E-state index contributed by atoms with van der Waals surface area (Å²) >= 11 is 0. The normalized spacial score (nSPS) is 16.2. The van der Waals surface area contributed by atoms with Gasteiger partial charge in [0.05, 0.1) is 24.2 Å². The summed E-state index contributed by atoms with van der Waals surface area (Å²) in [6.45, 7) is 5.07. The first-order valence-corrected chi connectivity index (χ1v) is 9.17. The van der Waals surface area contributed by atoms with E-state index >= 15 is 0 Å². The molecular weight excluding hydrogens is 364 g/mol. The van der Waals surface area contributed by atoms with E-state index in [1.54, 1.807) is 6.07 Å². The molecule has 0 N–H and O–H groups in total. The number of Topliss-reactive ketones (excluding diaryl/α,β-unsaturated/α-hetero) is 1. The Morgan fingerprint density at radius 1 is 1.36 bits per heavy atom. The molecule has 1 fully saturated rings. The van der Waals surface area contributed by atoms with Crippen LogP contribution < -0.4 is 9.47 Å². The Morgan fingerprint density at radius 2 is 2.14 bits per heavy atom. The molecule has 0 amide bonds. The van der Waals surface area contributed by atoms with E-state index in [-0.39, 0.29) is 29.9 Å². The molecule has 8 nitrogen and oxygen atoms in total. The van der Waals surface area contributed by atoms with Gasteiger partial charge in [-0.3, -0.25) is 14.9 Å². The number of hydrogen-bond donors (Lipinski definition) is 0. The van der Waals surface area contributed by atoms with Crippen molar-refractivity contribution in [2.24, 2.45) is 0 Å². The number of benzene rings is 1. The first kappa shape index (κ1) is 19.9. The van der Waals surface area contributed by atoms with Crippen molar-refractivity contribution in [3.8, 4) is 11.5 Å². The Kier molecular flexibility index (Phi) is 5.99. The highest BCUT2D eigenvalue weighted by Crippen LogP contribution is 2.31.